The van der Waals surface area contributed by atoms with E-state index >= 15 is 0 Å². The van der Waals surface area contributed by atoms with Gasteiger partial charge < -0.3 is 4.74 Å². The molecule has 0 heterocycles. The number of carbonyl (C=O) groups is 1. The fourth-order valence-electron chi connectivity index (χ4n) is 1.88. The van der Waals surface area contributed by atoms with Gasteiger partial charge in [-0.05, 0) is 31.4 Å². The van der Waals surface area contributed by atoms with Crippen molar-refractivity contribution in [3.63, 3.8) is 0 Å². The van der Waals surface area contributed by atoms with E-state index in [1.54, 1.807) is 6.08 Å². The van der Waals surface area contributed by atoms with Gasteiger partial charge in [-0.15, -0.1) is 0 Å². The Balaban J connectivity index is 2.25. The first-order chi connectivity index (χ1) is 9.22. The molecule has 2 nitrogen and oxygen atoms in total. The third-order valence-corrected chi connectivity index (χ3v) is 2.99. The molecule has 0 unspecified atom stereocenters. The lowest BCUT2D eigenvalue weighted by molar-refractivity contribution is -0.142. The summed E-state index contributed by atoms with van der Waals surface area (Å²) in [6, 6.07) is 9.76. The van der Waals surface area contributed by atoms with E-state index in [0.29, 0.717) is 0 Å². The Hall–Kier alpha value is -1.57. The van der Waals surface area contributed by atoms with E-state index in [-0.39, 0.29) is 12.1 Å². The van der Waals surface area contributed by atoms with Crippen molar-refractivity contribution in [1.82, 2.24) is 0 Å². The van der Waals surface area contributed by atoms with Crippen LogP contribution in [0, 0.1) is 0 Å². The minimum Gasteiger partial charge on any atom is -0.460 e. The number of benzene rings is 1. The minimum absolute atomic E-state index is 0.00443. The molecule has 1 aromatic carbocycles. The highest BCUT2D eigenvalue weighted by Gasteiger charge is 2.06. The summed E-state index contributed by atoms with van der Waals surface area (Å²) in [6.07, 6.45) is 9.07. The van der Waals surface area contributed by atoms with Crippen molar-refractivity contribution in [1.29, 1.82) is 0 Å². The van der Waals surface area contributed by atoms with Crippen LogP contribution in [0.15, 0.2) is 36.4 Å². The van der Waals surface area contributed by atoms with Crippen molar-refractivity contribution in [3.8, 4) is 0 Å². The van der Waals surface area contributed by atoms with Crippen LogP contribution < -0.4 is 0 Å². The molecule has 0 radical (unpaired) electrons. The van der Waals surface area contributed by atoms with Crippen molar-refractivity contribution in [3.05, 3.63) is 42.0 Å². The summed E-state index contributed by atoms with van der Waals surface area (Å²) in [5.41, 5.74) is 1.01. The molecule has 0 saturated heterocycles. The van der Waals surface area contributed by atoms with Crippen LogP contribution in [0.3, 0.4) is 0 Å². The molecule has 0 N–H and O–H groups in total. The van der Waals surface area contributed by atoms with E-state index in [9.17, 15) is 4.79 Å². The van der Waals surface area contributed by atoms with Crippen LogP contribution in [0.1, 0.15) is 51.5 Å². The maximum atomic E-state index is 11.6. The molecule has 0 amide bonds. The molecule has 0 saturated carbocycles. The molecule has 0 aromatic heterocycles. The van der Waals surface area contributed by atoms with Gasteiger partial charge in [0.2, 0.25) is 0 Å². The third kappa shape index (κ3) is 7.45. The van der Waals surface area contributed by atoms with Crippen LogP contribution in [-0.4, -0.2) is 12.1 Å². The fourth-order valence-corrected chi connectivity index (χ4v) is 1.88. The van der Waals surface area contributed by atoms with Gasteiger partial charge in [-0.2, -0.15) is 0 Å². The lowest BCUT2D eigenvalue weighted by atomic mass is 10.1. The molecular formula is C17H24O2. The predicted molar refractivity (Wildman–Crippen MR) is 79.8 cm³/mol. The Morgan fingerprint density at radius 2 is 1.95 bits per heavy atom. The zero-order chi connectivity index (χ0) is 13.9. The first-order valence-corrected chi connectivity index (χ1v) is 7.16. The molecule has 0 spiro atoms. The molecule has 0 bridgehead atoms. The first-order valence-electron chi connectivity index (χ1n) is 7.16. The van der Waals surface area contributed by atoms with Crippen LogP contribution in [0.5, 0.6) is 0 Å². The fraction of sp³-hybridized carbons (Fsp3) is 0.471. The number of hydrogen-bond acceptors (Lipinski definition) is 2. The highest BCUT2D eigenvalue weighted by Crippen LogP contribution is 2.08. The van der Waals surface area contributed by atoms with Crippen molar-refractivity contribution < 1.29 is 9.53 Å². The minimum atomic E-state index is -0.258. The van der Waals surface area contributed by atoms with Crippen LogP contribution >= 0.6 is 0 Å². The van der Waals surface area contributed by atoms with Gasteiger partial charge in [-0.3, -0.25) is 0 Å². The number of rotatable bonds is 8. The number of carbonyl (C=O) groups excluding carboxylic acids is 1. The number of hydrogen-bond donors (Lipinski definition) is 0. The summed E-state index contributed by atoms with van der Waals surface area (Å²) in [7, 11) is 0. The summed E-state index contributed by atoms with van der Waals surface area (Å²) in [6.45, 7) is 4.15. The van der Waals surface area contributed by atoms with Crippen LogP contribution in [0.2, 0.25) is 0 Å². The summed E-state index contributed by atoms with van der Waals surface area (Å²) < 4.78 is 5.33. The van der Waals surface area contributed by atoms with Crippen molar-refractivity contribution in [2.24, 2.45) is 0 Å². The highest BCUT2D eigenvalue weighted by molar-refractivity contribution is 5.87. The van der Waals surface area contributed by atoms with E-state index in [1.165, 1.54) is 25.3 Å². The molecule has 1 aromatic rings. The average molecular weight is 260 g/mol. The van der Waals surface area contributed by atoms with Crippen LogP contribution in [0.4, 0.5) is 0 Å². The Bertz CT molecular complexity index is 382. The topological polar surface area (TPSA) is 26.3 Å². The largest absolute Gasteiger partial charge is 0.460 e. The van der Waals surface area contributed by atoms with Gasteiger partial charge in [0.25, 0.3) is 0 Å². The maximum absolute atomic E-state index is 11.6. The number of ether oxygens (including phenoxy) is 1. The van der Waals surface area contributed by atoms with Crippen molar-refractivity contribution in [2.45, 2.75) is 52.1 Å². The zero-order valence-corrected chi connectivity index (χ0v) is 12.0. The molecule has 0 aliphatic heterocycles. The summed E-state index contributed by atoms with van der Waals surface area (Å²) >= 11 is 0. The normalized spacial score (nSPS) is 12.5. The summed E-state index contributed by atoms with van der Waals surface area (Å²) in [4.78, 5) is 11.6. The summed E-state index contributed by atoms with van der Waals surface area (Å²) in [5, 5.41) is 0. The number of unbranched alkanes of at least 4 members (excludes halogenated alkanes) is 3. The standard InChI is InChI=1S/C17H24O2/c1-3-4-5-7-10-15(2)19-17(18)14-13-16-11-8-6-9-12-16/h6,8-9,11-15H,3-5,7,10H2,1-2H3/b14-13-/t15-/m0/s1. The number of esters is 1. The van der Waals surface area contributed by atoms with Crippen molar-refractivity contribution >= 4 is 12.0 Å². The quantitative estimate of drug-likeness (QED) is 0.388. The SMILES string of the molecule is CCCCCC[C@H](C)OC(=O)/C=C\c1ccccc1. The van der Waals surface area contributed by atoms with Gasteiger partial charge >= 0.3 is 5.97 Å². The Labute approximate surface area is 116 Å². The molecule has 0 aliphatic rings. The smallest absolute Gasteiger partial charge is 0.331 e. The Kier molecular flexibility index (Phi) is 7.64. The molecule has 1 rings (SSSR count). The van der Waals surface area contributed by atoms with E-state index in [2.05, 4.69) is 6.92 Å². The van der Waals surface area contributed by atoms with Gasteiger partial charge in [0.05, 0.1) is 6.10 Å². The van der Waals surface area contributed by atoms with Gasteiger partial charge in [-0.1, -0.05) is 56.5 Å². The van der Waals surface area contributed by atoms with Gasteiger partial charge in [0.15, 0.2) is 0 Å². The maximum Gasteiger partial charge on any atom is 0.331 e. The van der Waals surface area contributed by atoms with Crippen molar-refractivity contribution in [2.75, 3.05) is 0 Å². The zero-order valence-electron chi connectivity index (χ0n) is 12.0. The van der Waals surface area contributed by atoms with E-state index < -0.39 is 0 Å². The average Bonchev–Trinajstić information content (AvgIpc) is 2.42. The molecule has 19 heavy (non-hydrogen) atoms. The third-order valence-electron chi connectivity index (χ3n) is 2.99. The second-order valence-corrected chi connectivity index (χ2v) is 4.84. The van der Waals surface area contributed by atoms with Gasteiger partial charge in [-0.25, -0.2) is 4.79 Å². The molecule has 2 heteroatoms. The lowest BCUT2D eigenvalue weighted by Gasteiger charge is -2.11. The van der Waals surface area contributed by atoms with E-state index in [0.717, 1.165) is 18.4 Å². The van der Waals surface area contributed by atoms with Gasteiger partial charge in [0, 0.05) is 6.08 Å². The second kappa shape index (κ2) is 9.37. The van der Waals surface area contributed by atoms with E-state index in [4.69, 9.17) is 4.74 Å². The molecule has 104 valence electrons. The van der Waals surface area contributed by atoms with Crippen LogP contribution in [-0.2, 0) is 9.53 Å². The first kappa shape index (κ1) is 15.5. The Morgan fingerprint density at radius 1 is 1.21 bits per heavy atom. The predicted octanol–water partition coefficient (Wildman–Crippen LogP) is 4.60. The molecule has 0 aliphatic carbocycles. The molecule has 0 fully saturated rings. The second-order valence-electron chi connectivity index (χ2n) is 4.84. The summed E-state index contributed by atoms with van der Waals surface area (Å²) in [5.74, 6) is -0.258. The molecule has 1 atom stereocenters. The van der Waals surface area contributed by atoms with Gasteiger partial charge in [0.1, 0.15) is 0 Å². The van der Waals surface area contributed by atoms with Crippen LogP contribution in [0.25, 0.3) is 6.08 Å². The lowest BCUT2D eigenvalue weighted by Crippen LogP contribution is -2.12. The highest BCUT2D eigenvalue weighted by atomic mass is 16.5. The monoisotopic (exact) mass is 260 g/mol. The van der Waals surface area contributed by atoms with E-state index in [1.807, 2.05) is 37.3 Å². The Morgan fingerprint density at radius 3 is 2.63 bits per heavy atom. The molecular weight excluding hydrogens is 236 g/mol.